The number of nitrogens with zero attached hydrogens (tertiary/aromatic N) is 1. The Kier molecular flexibility index (Phi) is 4.77. The van der Waals surface area contributed by atoms with E-state index in [2.05, 4.69) is 15.6 Å². The molecule has 8 heteroatoms. The Labute approximate surface area is 129 Å². The van der Waals surface area contributed by atoms with Crippen LogP contribution < -0.4 is 10.6 Å². The van der Waals surface area contributed by atoms with Crippen molar-refractivity contribution in [3.8, 4) is 0 Å². The number of carboxylic acids is 1. The molecule has 2 aromatic rings. The summed E-state index contributed by atoms with van der Waals surface area (Å²) < 4.78 is 0. The highest BCUT2D eigenvalue weighted by Crippen LogP contribution is 2.20. The topological polar surface area (TPSA) is 91.3 Å². The second kappa shape index (κ2) is 6.55. The van der Waals surface area contributed by atoms with Gasteiger partial charge in [0.1, 0.15) is 0 Å². The van der Waals surface area contributed by atoms with E-state index in [1.54, 1.807) is 0 Å². The molecule has 0 aliphatic carbocycles. The summed E-state index contributed by atoms with van der Waals surface area (Å²) in [5.74, 6) is -1.12. The van der Waals surface area contributed by atoms with E-state index >= 15 is 0 Å². The number of amides is 2. The van der Waals surface area contributed by atoms with Crippen molar-refractivity contribution >= 4 is 40.6 Å². The monoisotopic (exact) mass is 325 g/mol. The molecule has 0 radical (unpaired) electrons. The van der Waals surface area contributed by atoms with Crippen LogP contribution in [0.4, 0.5) is 10.5 Å². The van der Waals surface area contributed by atoms with Crippen molar-refractivity contribution in [3.63, 3.8) is 0 Å². The summed E-state index contributed by atoms with van der Waals surface area (Å²) in [5, 5.41) is 17.0. The number of aryl methyl sites for hydroxylation is 1. The average Bonchev–Trinajstić information content (AvgIpc) is 2.82. The van der Waals surface area contributed by atoms with Gasteiger partial charge in [-0.25, -0.2) is 14.6 Å². The van der Waals surface area contributed by atoms with Crippen molar-refractivity contribution in [2.45, 2.75) is 13.5 Å². The first kappa shape index (κ1) is 15.3. The maximum atomic E-state index is 11.7. The third kappa shape index (κ3) is 4.17. The maximum Gasteiger partial charge on any atom is 0.337 e. The fraction of sp³-hybridized carbons (Fsp3) is 0.154. The van der Waals surface area contributed by atoms with Crippen LogP contribution >= 0.6 is 22.9 Å². The fourth-order valence-electron chi connectivity index (χ4n) is 1.60. The van der Waals surface area contributed by atoms with Crippen LogP contribution in [0.25, 0.3) is 0 Å². The number of halogens is 1. The molecule has 110 valence electrons. The van der Waals surface area contributed by atoms with Gasteiger partial charge >= 0.3 is 12.0 Å². The molecule has 2 amide bonds. The van der Waals surface area contributed by atoms with E-state index < -0.39 is 12.0 Å². The number of thiazole rings is 1. The standard InChI is InChI=1S/C13H12ClN3O3S/c1-7-16-9(6-21-7)5-15-13(20)17-8-2-3-10(12(18)19)11(14)4-8/h2-4,6H,5H2,1H3,(H,18,19)(H2,15,17,20). The minimum Gasteiger partial charge on any atom is -0.478 e. The van der Waals surface area contributed by atoms with Crippen LogP contribution in [0.5, 0.6) is 0 Å². The molecule has 0 unspecified atom stereocenters. The lowest BCUT2D eigenvalue weighted by atomic mass is 10.2. The number of nitrogens with one attached hydrogen (secondary N) is 2. The Morgan fingerprint density at radius 2 is 2.19 bits per heavy atom. The van der Waals surface area contributed by atoms with Gasteiger partial charge in [-0.2, -0.15) is 0 Å². The fourth-order valence-corrected chi connectivity index (χ4v) is 2.48. The van der Waals surface area contributed by atoms with Gasteiger partial charge in [-0.3, -0.25) is 0 Å². The van der Waals surface area contributed by atoms with E-state index in [4.69, 9.17) is 16.7 Å². The van der Waals surface area contributed by atoms with Crippen LogP contribution in [0, 0.1) is 6.92 Å². The molecular formula is C13H12ClN3O3S. The number of hydrogen-bond acceptors (Lipinski definition) is 4. The minimum absolute atomic E-state index is 0.0134. The zero-order chi connectivity index (χ0) is 15.4. The Morgan fingerprint density at radius 1 is 1.43 bits per heavy atom. The van der Waals surface area contributed by atoms with Gasteiger partial charge in [0.2, 0.25) is 0 Å². The lowest BCUT2D eigenvalue weighted by Crippen LogP contribution is -2.28. The third-order valence-electron chi connectivity index (χ3n) is 2.55. The Morgan fingerprint density at radius 3 is 2.76 bits per heavy atom. The molecule has 21 heavy (non-hydrogen) atoms. The first-order chi connectivity index (χ1) is 9.95. The molecule has 0 atom stereocenters. The van der Waals surface area contributed by atoms with Gasteiger partial charge in [-0.1, -0.05) is 11.6 Å². The largest absolute Gasteiger partial charge is 0.478 e. The van der Waals surface area contributed by atoms with E-state index in [9.17, 15) is 9.59 Å². The number of anilines is 1. The number of rotatable bonds is 4. The SMILES string of the molecule is Cc1nc(CNC(=O)Nc2ccc(C(=O)O)c(Cl)c2)cs1. The molecule has 3 N–H and O–H groups in total. The molecule has 0 aliphatic heterocycles. The smallest absolute Gasteiger partial charge is 0.337 e. The number of urea groups is 1. The second-order valence-electron chi connectivity index (χ2n) is 4.17. The number of hydrogen-bond donors (Lipinski definition) is 3. The summed E-state index contributed by atoms with van der Waals surface area (Å²) in [6.45, 7) is 2.21. The zero-order valence-electron chi connectivity index (χ0n) is 11.0. The first-order valence-corrected chi connectivity index (χ1v) is 7.20. The molecule has 6 nitrogen and oxygen atoms in total. The lowest BCUT2D eigenvalue weighted by Gasteiger charge is -2.08. The van der Waals surface area contributed by atoms with Crippen molar-refractivity contribution in [2.24, 2.45) is 0 Å². The van der Waals surface area contributed by atoms with Crippen LogP contribution in [-0.4, -0.2) is 22.1 Å². The summed E-state index contributed by atoms with van der Waals surface area (Å²) in [6.07, 6.45) is 0. The highest BCUT2D eigenvalue weighted by molar-refractivity contribution is 7.09. The lowest BCUT2D eigenvalue weighted by molar-refractivity contribution is 0.0697. The number of carboxylic acid groups (broad SMARTS) is 1. The Bertz CT molecular complexity index is 687. The number of carbonyl (C=O) groups is 2. The predicted molar refractivity (Wildman–Crippen MR) is 81.1 cm³/mol. The Hall–Kier alpha value is -2.12. The number of benzene rings is 1. The molecule has 0 saturated heterocycles. The van der Waals surface area contributed by atoms with Crippen molar-refractivity contribution in [1.82, 2.24) is 10.3 Å². The van der Waals surface area contributed by atoms with E-state index in [1.165, 1.54) is 29.5 Å². The van der Waals surface area contributed by atoms with Crippen molar-refractivity contribution in [1.29, 1.82) is 0 Å². The Balaban J connectivity index is 1.93. The molecule has 0 fully saturated rings. The number of aromatic nitrogens is 1. The van der Waals surface area contributed by atoms with Crippen LogP contribution in [-0.2, 0) is 6.54 Å². The molecule has 0 aliphatic rings. The quantitative estimate of drug-likeness (QED) is 0.805. The predicted octanol–water partition coefficient (Wildman–Crippen LogP) is 3.12. The van der Waals surface area contributed by atoms with E-state index in [0.29, 0.717) is 12.2 Å². The number of aromatic carboxylic acids is 1. The van der Waals surface area contributed by atoms with Crippen LogP contribution in [0.3, 0.4) is 0 Å². The van der Waals surface area contributed by atoms with Gasteiger partial charge in [-0.15, -0.1) is 11.3 Å². The van der Waals surface area contributed by atoms with Crippen LogP contribution in [0.2, 0.25) is 5.02 Å². The first-order valence-electron chi connectivity index (χ1n) is 5.94. The summed E-state index contributed by atoms with van der Waals surface area (Å²) in [7, 11) is 0. The normalized spacial score (nSPS) is 10.2. The van der Waals surface area contributed by atoms with Gasteiger partial charge in [0.05, 0.1) is 27.8 Å². The molecule has 0 bridgehead atoms. The summed E-state index contributed by atoms with van der Waals surface area (Å²) in [5.41, 5.74) is 1.18. The molecule has 1 aromatic carbocycles. The summed E-state index contributed by atoms with van der Waals surface area (Å²) in [4.78, 5) is 26.8. The summed E-state index contributed by atoms with van der Waals surface area (Å²) >= 11 is 7.33. The number of carbonyl (C=O) groups excluding carboxylic acids is 1. The molecule has 0 saturated carbocycles. The molecule has 1 heterocycles. The molecular weight excluding hydrogens is 314 g/mol. The third-order valence-corrected chi connectivity index (χ3v) is 3.69. The van der Waals surface area contributed by atoms with Gasteiger partial charge in [0, 0.05) is 11.1 Å². The van der Waals surface area contributed by atoms with Gasteiger partial charge in [0.15, 0.2) is 0 Å². The minimum atomic E-state index is -1.12. The zero-order valence-corrected chi connectivity index (χ0v) is 12.6. The molecule has 0 spiro atoms. The van der Waals surface area contributed by atoms with Crippen molar-refractivity contribution < 1.29 is 14.7 Å². The van der Waals surface area contributed by atoms with Gasteiger partial charge in [0.25, 0.3) is 0 Å². The van der Waals surface area contributed by atoms with E-state index in [-0.39, 0.29) is 10.6 Å². The molecule has 2 rings (SSSR count). The van der Waals surface area contributed by atoms with Crippen LogP contribution in [0.15, 0.2) is 23.6 Å². The highest BCUT2D eigenvalue weighted by Gasteiger charge is 2.10. The van der Waals surface area contributed by atoms with E-state index in [0.717, 1.165) is 10.7 Å². The molecule has 1 aromatic heterocycles. The average molecular weight is 326 g/mol. The second-order valence-corrected chi connectivity index (χ2v) is 5.63. The van der Waals surface area contributed by atoms with Crippen molar-refractivity contribution in [3.05, 3.63) is 44.9 Å². The van der Waals surface area contributed by atoms with Crippen LogP contribution in [0.1, 0.15) is 21.1 Å². The van der Waals surface area contributed by atoms with Crippen molar-refractivity contribution in [2.75, 3.05) is 5.32 Å². The van der Waals surface area contributed by atoms with Gasteiger partial charge < -0.3 is 15.7 Å². The maximum absolute atomic E-state index is 11.7. The highest BCUT2D eigenvalue weighted by atomic mass is 35.5. The summed E-state index contributed by atoms with van der Waals surface area (Å²) in [6, 6.07) is 3.78. The van der Waals surface area contributed by atoms with Gasteiger partial charge in [-0.05, 0) is 25.1 Å². The van der Waals surface area contributed by atoms with E-state index in [1.807, 2.05) is 12.3 Å².